The molecule has 0 heterocycles. The fraction of sp³-hybridized carbons (Fsp3) is 0.286. The van der Waals surface area contributed by atoms with E-state index in [1.807, 2.05) is 0 Å². The van der Waals surface area contributed by atoms with E-state index in [1.54, 1.807) is 6.07 Å². The molecule has 2 aromatic carbocycles. The first-order valence-electron chi connectivity index (χ1n) is 9.17. The van der Waals surface area contributed by atoms with Crippen molar-refractivity contribution in [3.8, 4) is 0 Å². The Labute approximate surface area is 167 Å². The molecule has 0 bridgehead atoms. The number of anilines is 1. The molecule has 1 N–H and O–H groups in total. The second kappa shape index (κ2) is 8.41. The third kappa shape index (κ3) is 5.06. The van der Waals surface area contributed by atoms with E-state index in [4.69, 9.17) is 0 Å². The lowest BCUT2D eigenvalue weighted by Gasteiger charge is -2.13. The molecule has 4 nitrogen and oxygen atoms in total. The van der Waals surface area contributed by atoms with Crippen LogP contribution in [0.4, 0.5) is 18.9 Å². The van der Waals surface area contributed by atoms with Crippen LogP contribution in [0, 0.1) is 0 Å². The highest BCUT2D eigenvalue weighted by Gasteiger charge is 2.35. The first-order valence-corrected chi connectivity index (χ1v) is 10.7. The highest BCUT2D eigenvalue weighted by molar-refractivity contribution is 7.92. The molecular formula is C21H20F3NO3S. The Balaban J connectivity index is 1.84. The van der Waals surface area contributed by atoms with Gasteiger partial charge in [0.1, 0.15) is 0 Å². The minimum Gasteiger partial charge on any atom is -0.322 e. The molecule has 0 unspecified atom stereocenters. The van der Waals surface area contributed by atoms with Gasteiger partial charge in [0.25, 0.3) is 0 Å². The molecule has 0 atom stereocenters. The molecule has 3 rings (SSSR count). The van der Waals surface area contributed by atoms with E-state index in [-0.39, 0.29) is 16.1 Å². The van der Waals surface area contributed by atoms with Crippen LogP contribution in [0.1, 0.15) is 31.2 Å². The highest BCUT2D eigenvalue weighted by atomic mass is 32.2. The Morgan fingerprint density at radius 3 is 2.28 bits per heavy atom. The Kier molecular flexibility index (Phi) is 6.12. The monoisotopic (exact) mass is 423 g/mol. The van der Waals surface area contributed by atoms with Crippen molar-refractivity contribution < 1.29 is 26.4 Å². The average molecular weight is 423 g/mol. The zero-order chi connectivity index (χ0) is 21.1. The molecule has 1 amide bonds. The van der Waals surface area contributed by atoms with Gasteiger partial charge in [-0.2, -0.15) is 13.2 Å². The quantitative estimate of drug-likeness (QED) is 0.690. The average Bonchev–Trinajstić information content (AvgIpc) is 3.22. The van der Waals surface area contributed by atoms with Crippen LogP contribution in [-0.2, 0) is 14.6 Å². The molecule has 1 saturated carbocycles. The van der Waals surface area contributed by atoms with Gasteiger partial charge in [-0.05, 0) is 36.6 Å². The molecule has 0 spiro atoms. The zero-order valence-electron chi connectivity index (χ0n) is 15.4. The molecule has 2 aromatic rings. The zero-order valence-corrected chi connectivity index (χ0v) is 16.3. The molecule has 0 saturated heterocycles. The number of carbonyl (C=O) groups is 1. The number of halogens is 3. The first kappa shape index (κ1) is 21.1. The SMILES string of the molecule is O=C(/C=C(\c1ccccc1)C(F)(F)F)Nc1cccc(S(=O)(=O)C2CCCC2)c1. The van der Waals surface area contributed by atoms with Crippen LogP contribution < -0.4 is 5.32 Å². The Hall–Kier alpha value is -2.61. The summed E-state index contributed by atoms with van der Waals surface area (Å²) in [5.41, 5.74) is -1.09. The fourth-order valence-electron chi connectivity index (χ4n) is 3.40. The maximum absolute atomic E-state index is 13.4. The van der Waals surface area contributed by atoms with E-state index in [2.05, 4.69) is 5.32 Å². The van der Waals surface area contributed by atoms with Crippen molar-refractivity contribution in [3.05, 3.63) is 66.2 Å². The standard InChI is InChI=1S/C21H20F3NO3S/c22-21(23,24)19(15-7-2-1-3-8-15)14-20(26)25-16-9-6-12-18(13-16)29(27,28)17-10-4-5-11-17/h1-3,6-9,12-14,17H,4-5,10-11H2,(H,25,26)/b19-14+. The smallest absolute Gasteiger partial charge is 0.322 e. The van der Waals surface area contributed by atoms with Gasteiger partial charge in [-0.1, -0.05) is 49.2 Å². The van der Waals surface area contributed by atoms with E-state index in [9.17, 15) is 26.4 Å². The summed E-state index contributed by atoms with van der Waals surface area (Å²) in [6.45, 7) is 0. The van der Waals surface area contributed by atoms with Crippen LogP contribution in [0.5, 0.6) is 0 Å². The number of allylic oxidation sites excluding steroid dienone is 1. The van der Waals surface area contributed by atoms with Crippen LogP contribution in [0.15, 0.2) is 65.6 Å². The van der Waals surface area contributed by atoms with Crippen molar-refractivity contribution >= 4 is 27.0 Å². The molecule has 1 aliphatic carbocycles. The summed E-state index contributed by atoms with van der Waals surface area (Å²) >= 11 is 0. The van der Waals surface area contributed by atoms with Gasteiger partial charge in [0.05, 0.1) is 15.7 Å². The number of hydrogen-bond acceptors (Lipinski definition) is 3. The predicted molar refractivity (Wildman–Crippen MR) is 105 cm³/mol. The van der Waals surface area contributed by atoms with Crippen molar-refractivity contribution in [1.29, 1.82) is 0 Å². The van der Waals surface area contributed by atoms with E-state index in [0.717, 1.165) is 12.8 Å². The number of carbonyl (C=O) groups excluding carboxylic acids is 1. The van der Waals surface area contributed by atoms with Crippen molar-refractivity contribution in [2.75, 3.05) is 5.32 Å². The van der Waals surface area contributed by atoms with E-state index >= 15 is 0 Å². The van der Waals surface area contributed by atoms with Gasteiger partial charge >= 0.3 is 6.18 Å². The normalized spacial score (nSPS) is 16.0. The molecule has 1 aliphatic rings. The van der Waals surface area contributed by atoms with Crippen LogP contribution in [0.3, 0.4) is 0 Å². The van der Waals surface area contributed by atoms with Gasteiger partial charge in [-0.3, -0.25) is 4.79 Å². The Bertz CT molecular complexity index is 1010. The number of sulfone groups is 1. The summed E-state index contributed by atoms with van der Waals surface area (Å²) < 4.78 is 65.5. The molecule has 29 heavy (non-hydrogen) atoms. The third-order valence-electron chi connectivity index (χ3n) is 4.84. The van der Waals surface area contributed by atoms with E-state index in [1.165, 1.54) is 48.5 Å². The van der Waals surface area contributed by atoms with Gasteiger partial charge in [-0.15, -0.1) is 0 Å². The molecule has 0 radical (unpaired) electrons. The summed E-state index contributed by atoms with van der Waals surface area (Å²) in [5, 5.41) is 1.88. The maximum atomic E-state index is 13.4. The molecule has 0 aromatic heterocycles. The van der Waals surface area contributed by atoms with Crippen molar-refractivity contribution in [2.24, 2.45) is 0 Å². The molecule has 1 fully saturated rings. The number of hydrogen-bond donors (Lipinski definition) is 1. The summed E-state index contributed by atoms with van der Waals surface area (Å²) in [6.07, 6.45) is -1.35. The second-order valence-electron chi connectivity index (χ2n) is 6.89. The number of nitrogens with one attached hydrogen (secondary N) is 1. The Morgan fingerprint density at radius 1 is 1.00 bits per heavy atom. The van der Waals surface area contributed by atoms with Crippen LogP contribution in [-0.4, -0.2) is 25.8 Å². The topological polar surface area (TPSA) is 63.2 Å². The van der Waals surface area contributed by atoms with Crippen LogP contribution >= 0.6 is 0 Å². The van der Waals surface area contributed by atoms with Crippen molar-refractivity contribution in [3.63, 3.8) is 0 Å². The summed E-state index contributed by atoms with van der Waals surface area (Å²) in [4.78, 5) is 12.3. The van der Waals surface area contributed by atoms with Crippen LogP contribution in [0.25, 0.3) is 5.57 Å². The number of rotatable bonds is 5. The minimum absolute atomic E-state index is 0.0604. The molecule has 0 aliphatic heterocycles. The lowest BCUT2D eigenvalue weighted by Crippen LogP contribution is -2.18. The highest BCUT2D eigenvalue weighted by Crippen LogP contribution is 2.34. The van der Waals surface area contributed by atoms with Gasteiger partial charge in [-0.25, -0.2) is 8.42 Å². The predicted octanol–water partition coefficient (Wildman–Crippen LogP) is 4.99. The number of benzene rings is 2. The second-order valence-corrected chi connectivity index (χ2v) is 9.12. The van der Waals surface area contributed by atoms with E-state index < -0.39 is 32.7 Å². The lowest BCUT2D eigenvalue weighted by molar-refractivity contribution is -0.112. The third-order valence-corrected chi connectivity index (χ3v) is 7.10. The fourth-order valence-corrected chi connectivity index (χ4v) is 5.30. The minimum atomic E-state index is -4.72. The van der Waals surface area contributed by atoms with Crippen molar-refractivity contribution in [2.45, 2.75) is 42.0 Å². The van der Waals surface area contributed by atoms with Gasteiger partial charge in [0, 0.05) is 11.8 Å². The maximum Gasteiger partial charge on any atom is 0.417 e. The largest absolute Gasteiger partial charge is 0.417 e. The number of alkyl halides is 3. The molecule has 8 heteroatoms. The van der Waals surface area contributed by atoms with Gasteiger partial charge in [0.15, 0.2) is 9.84 Å². The van der Waals surface area contributed by atoms with Gasteiger partial charge < -0.3 is 5.32 Å². The molecular weight excluding hydrogens is 403 g/mol. The summed E-state index contributed by atoms with van der Waals surface area (Å²) in [6, 6.07) is 12.6. The van der Waals surface area contributed by atoms with Crippen molar-refractivity contribution in [1.82, 2.24) is 0 Å². The van der Waals surface area contributed by atoms with Crippen LogP contribution in [0.2, 0.25) is 0 Å². The van der Waals surface area contributed by atoms with Gasteiger partial charge in [0.2, 0.25) is 5.91 Å². The number of amides is 1. The Morgan fingerprint density at radius 2 is 1.66 bits per heavy atom. The molecule has 154 valence electrons. The van der Waals surface area contributed by atoms with E-state index in [0.29, 0.717) is 18.9 Å². The summed E-state index contributed by atoms with van der Waals surface area (Å²) in [7, 11) is -3.53. The summed E-state index contributed by atoms with van der Waals surface area (Å²) in [5.74, 6) is -0.989. The first-order chi connectivity index (χ1) is 13.7. The lowest BCUT2D eigenvalue weighted by atomic mass is 10.1.